The van der Waals surface area contributed by atoms with Gasteiger partial charge in [-0.1, -0.05) is 0 Å². The second-order valence-corrected chi connectivity index (χ2v) is 3.00. The van der Waals surface area contributed by atoms with Crippen molar-refractivity contribution in [1.29, 1.82) is 0 Å². The molecule has 0 aromatic carbocycles. The van der Waals surface area contributed by atoms with Crippen molar-refractivity contribution in [2.75, 3.05) is 26.7 Å². The van der Waals surface area contributed by atoms with Gasteiger partial charge in [-0.3, -0.25) is 9.89 Å². The Morgan fingerprint density at radius 1 is 1.73 bits per heavy atom. The number of aliphatic imine (C=N–C) groups is 1. The predicted molar refractivity (Wildman–Crippen MR) is 47.7 cm³/mol. The van der Waals surface area contributed by atoms with Gasteiger partial charge in [0.25, 0.3) is 0 Å². The highest BCUT2D eigenvalue weighted by Crippen LogP contribution is 1.96. The standard InChI is InChI=1S/C8H15N3/c1-7(9)5-8-6-11(2)4-3-10-8/h5H,3-4,6,9H2,1-2H3/b7-5-. The first-order chi connectivity index (χ1) is 5.18. The van der Waals surface area contributed by atoms with Crippen molar-refractivity contribution in [1.82, 2.24) is 4.90 Å². The molecular weight excluding hydrogens is 138 g/mol. The van der Waals surface area contributed by atoms with Crippen LogP contribution in [0.4, 0.5) is 0 Å². The summed E-state index contributed by atoms with van der Waals surface area (Å²) in [4.78, 5) is 6.58. The molecule has 3 nitrogen and oxygen atoms in total. The smallest absolute Gasteiger partial charge is 0.0520 e. The highest BCUT2D eigenvalue weighted by molar-refractivity contribution is 5.97. The minimum atomic E-state index is 0.832. The van der Waals surface area contributed by atoms with Crippen molar-refractivity contribution >= 4 is 5.71 Å². The van der Waals surface area contributed by atoms with E-state index in [1.54, 1.807) is 0 Å². The Bertz CT molecular complexity index is 190. The van der Waals surface area contributed by atoms with E-state index in [-0.39, 0.29) is 0 Å². The first kappa shape index (κ1) is 8.27. The van der Waals surface area contributed by atoms with Gasteiger partial charge in [-0.25, -0.2) is 0 Å². The van der Waals surface area contributed by atoms with Crippen LogP contribution in [0.5, 0.6) is 0 Å². The molecule has 1 heterocycles. The Hall–Kier alpha value is -0.830. The molecule has 0 unspecified atom stereocenters. The topological polar surface area (TPSA) is 41.6 Å². The van der Waals surface area contributed by atoms with Crippen LogP contribution in [0.2, 0.25) is 0 Å². The second kappa shape index (κ2) is 3.53. The van der Waals surface area contributed by atoms with Crippen molar-refractivity contribution in [3.05, 3.63) is 11.8 Å². The van der Waals surface area contributed by atoms with E-state index in [1.807, 2.05) is 13.0 Å². The quantitative estimate of drug-likeness (QED) is 0.586. The highest BCUT2D eigenvalue weighted by Gasteiger charge is 2.06. The van der Waals surface area contributed by atoms with Gasteiger partial charge in [0.05, 0.1) is 12.3 Å². The zero-order valence-corrected chi connectivity index (χ0v) is 7.17. The third-order valence-electron chi connectivity index (χ3n) is 1.62. The maximum Gasteiger partial charge on any atom is 0.0520 e. The van der Waals surface area contributed by atoms with E-state index in [4.69, 9.17) is 5.73 Å². The lowest BCUT2D eigenvalue weighted by molar-refractivity contribution is 0.379. The minimum absolute atomic E-state index is 0.832. The fourth-order valence-electron chi connectivity index (χ4n) is 1.12. The fraction of sp³-hybridized carbons (Fsp3) is 0.625. The lowest BCUT2D eigenvalue weighted by Crippen LogP contribution is -2.32. The SMILES string of the molecule is C/C(N)=C/C1=NCCN(C)C1. The van der Waals surface area contributed by atoms with Gasteiger partial charge < -0.3 is 5.73 Å². The minimum Gasteiger partial charge on any atom is -0.402 e. The predicted octanol–water partition coefficient (Wildman–Crippen LogP) is 0.235. The van der Waals surface area contributed by atoms with E-state index in [0.29, 0.717) is 0 Å². The zero-order chi connectivity index (χ0) is 8.27. The Balaban J connectivity index is 2.58. The molecule has 0 aliphatic carbocycles. The van der Waals surface area contributed by atoms with Crippen LogP contribution in [0, 0.1) is 0 Å². The van der Waals surface area contributed by atoms with E-state index in [2.05, 4.69) is 16.9 Å². The monoisotopic (exact) mass is 153 g/mol. The molecular formula is C8H15N3. The van der Waals surface area contributed by atoms with Crippen LogP contribution in [-0.4, -0.2) is 37.3 Å². The molecule has 0 aromatic heterocycles. The molecule has 1 aliphatic rings. The summed E-state index contributed by atoms with van der Waals surface area (Å²) in [6.45, 7) is 4.77. The van der Waals surface area contributed by atoms with Gasteiger partial charge in [0.1, 0.15) is 0 Å². The Kier molecular flexibility index (Phi) is 2.65. The van der Waals surface area contributed by atoms with Gasteiger partial charge >= 0.3 is 0 Å². The second-order valence-electron chi connectivity index (χ2n) is 3.00. The molecule has 1 aliphatic heterocycles. The average molecular weight is 153 g/mol. The molecule has 0 saturated carbocycles. The Labute approximate surface area is 67.6 Å². The lowest BCUT2D eigenvalue weighted by Gasteiger charge is -2.20. The van der Waals surface area contributed by atoms with Gasteiger partial charge in [-0.15, -0.1) is 0 Å². The van der Waals surface area contributed by atoms with Crippen LogP contribution in [0.1, 0.15) is 6.92 Å². The van der Waals surface area contributed by atoms with E-state index in [0.717, 1.165) is 31.0 Å². The summed E-state index contributed by atoms with van der Waals surface area (Å²) in [6, 6.07) is 0. The van der Waals surface area contributed by atoms with Crippen molar-refractivity contribution in [3.8, 4) is 0 Å². The summed E-state index contributed by atoms with van der Waals surface area (Å²) in [5.41, 5.74) is 7.46. The van der Waals surface area contributed by atoms with Crippen LogP contribution in [0.25, 0.3) is 0 Å². The molecule has 0 spiro atoms. The molecule has 0 fully saturated rings. The highest BCUT2D eigenvalue weighted by atomic mass is 15.1. The van der Waals surface area contributed by atoms with E-state index < -0.39 is 0 Å². The van der Waals surface area contributed by atoms with Gasteiger partial charge in [0, 0.05) is 18.8 Å². The maximum absolute atomic E-state index is 5.53. The molecule has 0 amide bonds. The molecule has 2 N–H and O–H groups in total. The van der Waals surface area contributed by atoms with Gasteiger partial charge in [0.15, 0.2) is 0 Å². The van der Waals surface area contributed by atoms with Gasteiger partial charge in [0.2, 0.25) is 0 Å². The first-order valence-corrected chi connectivity index (χ1v) is 3.84. The van der Waals surface area contributed by atoms with Crippen molar-refractivity contribution in [2.45, 2.75) is 6.92 Å². The number of nitrogens with zero attached hydrogens (tertiary/aromatic N) is 2. The molecule has 3 heteroatoms. The normalized spacial score (nSPS) is 21.6. The first-order valence-electron chi connectivity index (χ1n) is 3.84. The molecule has 0 radical (unpaired) electrons. The largest absolute Gasteiger partial charge is 0.402 e. The molecule has 0 aromatic rings. The van der Waals surface area contributed by atoms with Crippen LogP contribution in [0.15, 0.2) is 16.8 Å². The lowest BCUT2D eigenvalue weighted by atomic mass is 10.2. The van der Waals surface area contributed by atoms with E-state index in [1.165, 1.54) is 0 Å². The zero-order valence-electron chi connectivity index (χ0n) is 7.17. The number of hydrogen-bond donors (Lipinski definition) is 1. The van der Waals surface area contributed by atoms with E-state index in [9.17, 15) is 0 Å². The number of allylic oxidation sites excluding steroid dienone is 1. The number of hydrogen-bond acceptors (Lipinski definition) is 3. The molecule has 0 bridgehead atoms. The Morgan fingerprint density at radius 3 is 3.00 bits per heavy atom. The summed E-state index contributed by atoms with van der Waals surface area (Å²) in [7, 11) is 2.09. The summed E-state index contributed by atoms with van der Waals surface area (Å²) in [5, 5.41) is 0. The molecule has 0 atom stereocenters. The van der Waals surface area contributed by atoms with Gasteiger partial charge in [-0.05, 0) is 20.0 Å². The van der Waals surface area contributed by atoms with Crippen LogP contribution < -0.4 is 5.73 Å². The third-order valence-corrected chi connectivity index (χ3v) is 1.62. The molecule has 0 saturated heterocycles. The Morgan fingerprint density at radius 2 is 2.45 bits per heavy atom. The maximum atomic E-state index is 5.53. The molecule has 11 heavy (non-hydrogen) atoms. The van der Waals surface area contributed by atoms with Gasteiger partial charge in [-0.2, -0.15) is 0 Å². The van der Waals surface area contributed by atoms with Crippen molar-refractivity contribution < 1.29 is 0 Å². The van der Waals surface area contributed by atoms with Crippen molar-refractivity contribution in [3.63, 3.8) is 0 Å². The summed E-state index contributed by atoms with van der Waals surface area (Å²) < 4.78 is 0. The number of likely N-dealkylation sites (N-methyl/N-ethyl adjacent to an activating group) is 1. The van der Waals surface area contributed by atoms with Crippen LogP contribution in [-0.2, 0) is 0 Å². The summed E-state index contributed by atoms with van der Waals surface area (Å²) in [6.07, 6.45) is 1.94. The average Bonchev–Trinajstić information content (AvgIpc) is 1.85. The van der Waals surface area contributed by atoms with Crippen molar-refractivity contribution in [2.24, 2.45) is 10.7 Å². The summed E-state index contributed by atoms with van der Waals surface area (Å²) >= 11 is 0. The fourth-order valence-corrected chi connectivity index (χ4v) is 1.12. The van der Waals surface area contributed by atoms with E-state index >= 15 is 0 Å². The molecule has 1 rings (SSSR count). The van der Waals surface area contributed by atoms with Crippen LogP contribution in [0.3, 0.4) is 0 Å². The number of rotatable bonds is 1. The number of nitrogens with two attached hydrogens (primary N) is 1. The third kappa shape index (κ3) is 2.72. The summed E-state index contributed by atoms with van der Waals surface area (Å²) in [5.74, 6) is 0. The molecule has 62 valence electrons. The van der Waals surface area contributed by atoms with Crippen LogP contribution >= 0.6 is 0 Å².